The Kier molecular flexibility index (Phi) is 3.34. The molecule has 4 nitrogen and oxygen atoms in total. The molecule has 0 aliphatic heterocycles. The van der Waals surface area contributed by atoms with Crippen molar-refractivity contribution in [3.8, 4) is 5.75 Å². The van der Waals surface area contributed by atoms with Gasteiger partial charge in [-0.15, -0.1) is 0 Å². The Bertz CT molecular complexity index is 538. The fourth-order valence-corrected chi connectivity index (χ4v) is 3.43. The van der Waals surface area contributed by atoms with E-state index in [0.717, 1.165) is 12.8 Å². The Labute approximate surface area is 106 Å². The van der Waals surface area contributed by atoms with Gasteiger partial charge in [0, 0.05) is 6.04 Å². The molecule has 0 unspecified atom stereocenters. The first kappa shape index (κ1) is 12.7. The quantitative estimate of drug-likeness (QED) is 0.915. The Balaban J connectivity index is 2.40. The van der Waals surface area contributed by atoms with Crippen molar-refractivity contribution in [1.82, 2.24) is 4.72 Å². The van der Waals surface area contributed by atoms with Crippen molar-refractivity contribution >= 4 is 21.6 Å². The van der Waals surface area contributed by atoms with Crippen molar-refractivity contribution in [2.24, 2.45) is 0 Å². The summed E-state index contributed by atoms with van der Waals surface area (Å²) < 4.78 is 31.8. The lowest BCUT2D eigenvalue weighted by atomic mass is 10.2. The minimum Gasteiger partial charge on any atom is -0.495 e. The van der Waals surface area contributed by atoms with E-state index >= 15 is 0 Å². The molecule has 0 saturated heterocycles. The molecule has 1 aliphatic rings. The number of sulfonamides is 1. The molecule has 0 bridgehead atoms. The van der Waals surface area contributed by atoms with Crippen molar-refractivity contribution in [3.63, 3.8) is 0 Å². The molecule has 0 amide bonds. The number of rotatable bonds is 4. The van der Waals surface area contributed by atoms with Gasteiger partial charge < -0.3 is 4.74 Å². The average molecular weight is 276 g/mol. The molecule has 1 aromatic rings. The molecule has 0 aromatic heterocycles. The highest BCUT2D eigenvalue weighted by Gasteiger charge is 2.29. The molecule has 0 spiro atoms. The lowest BCUT2D eigenvalue weighted by Gasteiger charge is -2.11. The standard InChI is InChI=1S/C11H14ClNO3S/c1-7-5-10(16-2)9(12)6-11(7)17(14,15)13-8-3-4-8/h5-6,8,13H,3-4H2,1-2H3. The number of hydrogen-bond acceptors (Lipinski definition) is 3. The van der Waals surface area contributed by atoms with Crippen molar-refractivity contribution in [2.75, 3.05) is 7.11 Å². The van der Waals surface area contributed by atoms with Gasteiger partial charge in [0.15, 0.2) is 0 Å². The van der Waals surface area contributed by atoms with Gasteiger partial charge in [0.1, 0.15) is 5.75 Å². The second kappa shape index (κ2) is 4.48. The van der Waals surface area contributed by atoms with Crippen molar-refractivity contribution in [3.05, 3.63) is 22.7 Å². The van der Waals surface area contributed by atoms with Crippen LogP contribution in [0.2, 0.25) is 5.02 Å². The molecular weight excluding hydrogens is 262 g/mol. The zero-order valence-corrected chi connectivity index (χ0v) is 11.2. The number of methoxy groups -OCH3 is 1. The van der Waals surface area contributed by atoms with Crippen LogP contribution in [0.4, 0.5) is 0 Å². The summed E-state index contributed by atoms with van der Waals surface area (Å²) in [5.74, 6) is 0.481. The van der Waals surface area contributed by atoms with E-state index in [4.69, 9.17) is 16.3 Å². The third-order valence-corrected chi connectivity index (χ3v) is 4.60. The van der Waals surface area contributed by atoms with Crippen LogP contribution in [0.15, 0.2) is 17.0 Å². The van der Waals surface area contributed by atoms with E-state index < -0.39 is 10.0 Å². The molecule has 0 radical (unpaired) electrons. The molecule has 94 valence electrons. The van der Waals surface area contributed by atoms with Crippen LogP contribution in [0.1, 0.15) is 18.4 Å². The summed E-state index contributed by atoms with van der Waals surface area (Å²) in [6.07, 6.45) is 1.81. The van der Waals surface area contributed by atoms with Crippen LogP contribution >= 0.6 is 11.6 Å². The Hall–Kier alpha value is -0.780. The van der Waals surface area contributed by atoms with E-state index in [9.17, 15) is 8.42 Å². The lowest BCUT2D eigenvalue weighted by Crippen LogP contribution is -2.26. The second-order valence-corrected chi connectivity index (χ2v) is 6.24. The first-order chi connectivity index (χ1) is 7.94. The highest BCUT2D eigenvalue weighted by atomic mass is 35.5. The van der Waals surface area contributed by atoms with E-state index in [0.29, 0.717) is 16.3 Å². The van der Waals surface area contributed by atoms with Gasteiger partial charge >= 0.3 is 0 Å². The van der Waals surface area contributed by atoms with Crippen LogP contribution in [0.3, 0.4) is 0 Å². The summed E-state index contributed by atoms with van der Waals surface area (Å²) in [4.78, 5) is 0.218. The smallest absolute Gasteiger partial charge is 0.241 e. The van der Waals surface area contributed by atoms with Crippen LogP contribution in [0.5, 0.6) is 5.75 Å². The molecule has 0 atom stereocenters. The zero-order valence-electron chi connectivity index (χ0n) is 9.66. The van der Waals surface area contributed by atoms with Gasteiger partial charge in [-0.2, -0.15) is 0 Å². The molecule has 6 heteroatoms. The number of nitrogens with one attached hydrogen (secondary N) is 1. The highest BCUT2D eigenvalue weighted by molar-refractivity contribution is 7.89. The first-order valence-electron chi connectivity index (χ1n) is 5.30. The van der Waals surface area contributed by atoms with Gasteiger partial charge in [-0.1, -0.05) is 11.6 Å². The SMILES string of the molecule is COc1cc(C)c(S(=O)(=O)NC2CC2)cc1Cl. The van der Waals surface area contributed by atoms with Crippen LogP contribution in [-0.2, 0) is 10.0 Å². The first-order valence-corrected chi connectivity index (χ1v) is 7.16. The summed E-state index contributed by atoms with van der Waals surface area (Å²) in [6.45, 7) is 1.72. The number of aryl methyl sites for hydroxylation is 1. The number of hydrogen-bond donors (Lipinski definition) is 1. The van der Waals surface area contributed by atoms with Crippen molar-refractivity contribution < 1.29 is 13.2 Å². The van der Waals surface area contributed by atoms with Gasteiger partial charge in [-0.05, 0) is 37.5 Å². The maximum Gasteiger partial charge on any atom is 0.241 e. The molecule has 2 rings (SSSR count). The number of ether oxygens (including phenoxy) is 1. The lowest BCUT2D eigenvalue weighted by molar-refractivity contribution is 0.414. The third-order valence-electron chi connectivity index (χ3n) is 2.64. The summed E-state index contributed by atoms with van der Waals surface area (Å²) in [5, 5.41) is 0.300. The molecule has 17 heavy (non-hydrogen) atoms. The summed E-state index contributed by atoms with van der Waals surface area (Å²) >= 11 is 5.94. The average Bonchev–Trinajstić information content (AvgIpc) is 3.03. The topological polar surface area (TPSA) is 55.4 Å². The van der Waals surface area contributed by atoms with Gasteiger partial charge in [-0.3, -0.25) is 0 Å². The molecule has 0 heterocycles. The third kappa shape index (κ3) is 2.73. The number of halogens is 1. The fraction of sp³-hybridized carbons (Fsp3) is 0.455. The van der Waals surface area contributed by atoms with Gasteiger partial charge in [-0.25, -0.2) is 13.1 Å². The molecule has 1 saturated carbocycles. The van der Waals surface area contributed by atoms with Crippen LogP contribution < -0.4 is 9.46 Å². The minimum absolute atomic E-state index is 0.0836. The number of benzene rings is 1. The predicted molar refractivity (Wildman–Crippen MR) is 66.1 cm³/mol. The molecule has 1 fully saturated rings. The largest absolute Gasteiger partial charge is 0.495 e. The van der Waals surface area contributed by atoms with Crippen LogP contribution in [0.25, 0.3) is 0 Å². The van der Waals surface area contributed by atoms with Crippen molar-refractivity contribution in [1.29, 1.82) is 0 Å². The normalized spacial score (nSPS) is 15.9. The van der Waals surface area contributed by atoms with Gasteiger partial charge in [0.2, 0.25) is 10.0 Å². The van der Waals surface area contributed by atoms with E-state index in [2.05, 4.69) is 4.72 Å². The van der Waals surface area contributed by atoms with Crippen LogP contribution in [-0.4, -0.2) is 21.6 Å². The van der Waals surface area contributed by atoms with E-state index in [1.807, 2.05) is 0 Å². The molecular formula is C11H14ClNO3S. The van der Waals surface area contributed by atoms with Crippen molar-refractivity contribution in [2.45, 2.75) is 30.7 Å². The zero-order chi connectivity index (χ0) is 12.6. The Morgan fingerprint density at radius 2 is 2.06 bits per heavy atom. The van der Waals surface area contributed by atoms with Gasteiger partial charge in [0.25, 0.3) is 0 Å². The van der Waals surface area contributed by atoms with Crippen LogP contribution in [0, 0.1) is 6.92 Å². The molecule has 1 aliphatic carbocycles. The summed E-state index contributed by atoms with van der Waals surface area (Å²) in [7, 11) is -1.97. The van der Waals surface area contributed by atoms with Gasteiger partial charge in [0.05, 0.1) is 17.0 Å². The minimum atomic E-state index is -3.47. The maximum absolute atomic E-state index is 12.0. The Morgan fingerprint density at radius 1 is 1.41 bits per heavy atom. The Morgan fingerprint density at radius 3 is 2.59 bits per heavy atom. The van der Waals surface area contributed by atoms with E-state index in [1.54, 1.807) is 13.0 Å². The summed E-state index contributed by atoms with van der Waals surface area (Å²) in [6, 6.07) is 3.14. The second-order valence-electron chi connectivity index (χ2n) is 4.15. The highest BCUT2D eigenvalue weighted by Crippen LogP contribution is 2.31. The molecule has 1 aromatic carbocycles. The summed E-state index contributed by atoms with van der Waals surface area (Å²) in [5.41, 5.74) is 0.624. The fourth-order valence-electron chi connectivity index (χ4n) is 1.57. The maximum atomic E-state index is 12.0. The van der Waals surface area contributed by atoms with E-state index in [-0.39, 0.29) is 10.9 Å². The monoisotopic (exact) mass is 275 g/mol. The predicted octanol–water partition coefficient (Wildman–Crippen LogP) is 2.10. The van der Waals surface area contributed by atoms with E-state index in [1.165, 1.54) is 13.2 Å². The molecule has 1 N–H and O–H groups in total.